The molecule has 16 heavy (non-hydrogen) atoms. The van der Waals surface area contributed by atoms with E-state index in [4.69, 9.17) is 16.0 Å². The summed E-state index contributed by atoms with van der Waals surface area (Å²) in [5.74, 6) is 0.602. The molecule has 2 aromatic rings. The average molecular weight is 251 g/mol. The number of thioether (sulfide) groups is 1. The molecule has 1 unspecified atom stereocenters. The molecule has 0 bridgehead atoms. The fourth-order valence-corrected chi connectivity index (χ4v) is 2.84. The molecule has 0 saturated heterocycles. The van der Waals surface area contributed by atoms with Crippen molar-refractivity contribution in [1.82, 2.24) is 0 Å². The van der Waals surface area contributed by atoms with Gasteiger partial charge in [-0.1, -0.05) is 30.0 Å². The lowest BCUT2D eigenvalue weighted by Crippen LogP contribution is -2.10. The van der Waals surface area contributed by atoms with Crippen LogP contribution in [-0.4, -0.2) is 4.71 Å². The molecule has 1 aliphatic rings. The molecule has 2 heterocycles. The number of halogens is 1. The van der Waals surface area contributed by atoms with Crippen LogP contribution in [0, 0.1) is 0 Å². The smallest absolute Gasteiger partial charge is 0.206 e. The Morgan fingerprint density at radius 2 is 2.12 bits per heavy atom. The second-order valence-electron chi connectivity index (χ2n) is 3.45. The van der Waals surface area contributed by atoms with Gasteiger partial charge in [0.15, 0.2) is 0 Å². The third-order valence-electron chi connectivity index (χ3n) is 2.41. The summed E-state index contributed by atoms with van der Waals surface area (Å²) in [4.78, 5) is 12.7. The van der Waals surface area contributed by atoms with Gasteiger partial charge in [-0.25, -0.2) is 0 Å². The third-order valence-corrected chi connectivity index (χ3v) is 3.83. The highest BCUT2D eigenvalue weighted by atomic mass is 35.5. The van der Waals surface area contributed by atoms with Crippen molar-refractivity contribution in [2.45, 2.75) is 9.60 Å². The average Bonchev–Trinajstić information content (AvgIpc) is 2.31. The maximum absolute atomic E-state index is 12.1. The molecule has 2 nitrogen and oxygen atoms in total. The Labute approximate surface area is 101 Å². The van der Waals surface area contributed by atoms with Gasteiger partial charge in [0, 0.05) is 0 Å². The quantitative estimate of drug-likeness (QED) is 0.671. The maximum Gasteiger partial charge on any atom is 0.206 e. The predicted octanol–water partition coefficient (Wildman–Crippen LogP) is 3.48. The molecule has 1 aliphatic heterocycles. The number of rotatable bonds is 0. The lowest BCUT2D eigenvalue weighted by atomic mass is 10.2. The van der Waals surface area contributed by atoms with Crippen LogP contribution >= 0.6 is 23.4 Å². The second kappa shape index (κ2) is 3.68. The van der Waals surface area contributed by atoms with E-state index < -0.39 is 0 Å². The van der Waals surface area contributed by atoms with Gasteiger partial charge in [0.2, 0.25) is 5.43 Å². The SMILES string of the molecule is O=c1c2c(oc3ccccc13)C=CC(Cl)S2. The van der Waals surface area contributed by atoms with Gasteiger partial charge >= 0.3 is 0 Å². The van der Waals surface area contributed by atoms with Crippen LogP contribution in [0.5, 0.6) is 0 Å². The molecule has 80 valence electrons. The van der Waals surface area contributed by atoms with E-state index in [1.54, 1.807) is 18.2 Å². The lowest BCUT2D eigenvalue weighted by molar-refractivity contribution is 0.574. The standard InChI is InChI=1S/C12H7ClO2S/c13-10-6-5-9-12(16-10)11(14)7-3-1-2-4-8(7)15-9/h1-6,10H. The highest BCUT2D eigenvalue weighted by Gasteiger charge is 2.19. The van der Waals surface area contributed by atoms with E-state index in [1.165, 1.54) is 11.8 Å². The van der Waals surface area contributed by atoms with Gasteiger partial charge in [-0.05, 0) is 18.2 Å². The lowest BCUT2D eigenvalue weighted by Gasteiger charge is -2.12. The number of hydrogen-bond acceptors (Lipinski definition) is 3. The molecular weight excluding hydrogens is 244 g/mol. The molecule has 0 radical (unpaired) electrons. The monoisotopic (exact) mass is 250 g/mol. The fourth-order valence-electron chi connectivity index (χ4n) is 1.68. The highest BCUT2D eigenvalue weighted by molar-refractivity contribution is 8.01. The Balaban J connectivity index is 2.40. The molecule has 3 rings (SSSR count). The summed E-state index contributed by atoms with van der Waals surface area (Å²) in [5.41, 5.74) is 0.612. The first kappa shape index (κ1) is 10.00. The summed E-state index contributed by atoms with van der Waals surface area (Å²) in [5, 5.41) is 0.605. The topological polar surface area (TPSA) is 30.2 Å². The predicted molar refractivity (Wildman–Crippen MR) is 67.0 cm³/mol. The summed E-state index contributed by atoms with van der Waals surface area (Å²) in [7, 11) is 0. The van der Waals surface area contributed by atoms with Gasteiger partial charge < -0.3 is 4.42 Å². The van der Waals surface area contributed by atoms with Crippen LogP contribution in [0.15, 0.2) is 44.4 Å². The van der Waals surface area contributed by atoms with E-state index in [1.807, 2.05) is 18.2 Å². The molecular formula is C12H7ClO2S. The van der Waals surface area contributed by atoms with Crippen molar-refractivity contribution >= 4 is 40.4 Å². The Morgan fingerprint density at radius 3 is 3.00 bits per heavy atom. The molecule has 0 aliphatic carbocycles. The molecule has 4 heteroatoms. The Hall–Kier alpha value is -1.19. The Bertz CT molecular complexity index is 645. The number of benzene rings is 1. The summed E-state index contributed by atoms with van der Waals surface area (Å²) >= 11 is 7.29. The van der Waals surface area contributed by atoms with E-state index in [-0.39, 0.29) is 10.1 Å². The Morgan fingerprint density at radius 1 is 1.31 bits per heavy atom. The van der Waals surface area contributed by atoms with Gasteiger partial charge in [0.05, 0.1) is 5.39 Å². The van der Waals surface area contributed by atoms with Gasteiger partial charge in [0.25, 0.3) is 0 Å². The van der Waals surface area contributed by atoms with Crippen molar-refractivity contribution < 1.29 is 4.42 Å². The fraction of sp³-hybridized carbons (Fsp3) is 0.0833. The van der Waals surface area contributed by atoms with Gasteiger partial charge in [-0.3, -0.25) is 4.79 Å². The number of hydrogen-bond donors (Lipinski definition) is 0. The van der Waals surface area contributed by atoms with Gasteiger partial charge in [-0.2, -0.15) is 0 Å². The first-order valence-corrected chi connectivity index (χ1v) is 6.12. The first-order chi connectivity index (χ1) is 7.75. The number of fused-ring (bicyclic) bond motifs is 2. The summed E-state index contributed by atoms with van der Waals surface area (Å²) < 4.78 is 5.45. The molecule has 0 fully saturated rings. The van der Waals surface area contributed by atoms with Gasteiger partial charge in [-0.15, -0.1) is 11.6 Å². The van der Waals surface area contributed by atoms with Crippen LogP contribution in [0.2, 0.25) is 0 Å². The zero-order chi connectivity index (χ0) is 11.1. The van der Waals surface area contributed by atoms with Crippen molar-refractivity contribution in [2.24, 2.45) is 0 Å². The van der Waals surface area contributed by atoms with E-state index >= 15 is 0 Å². The highest BCUT2D eigenvalue weighted by Crippen LogP contribution is 2.34. The summed E-state index contributed by atoms with van der Waals surface area (Å²) in [6, 6.07) is 7.24. The zero-order valence-electron chi connectivity index (χ0n) is 8.14. The minimum atomic E-state index is -0.198. The minimum absolute atomic E-state index is 0.00292. The van der Waals surface area contributed by atoms with E-state index in [0.717, 1.165) is 0 Å². The maximum atomic E-state index is 12.1. The number of para-hydroxylation sites is 1. The van der Waals surface area contributed by atoms with Crippen LogP contribution in [0.1, 0.15) is 5.76 Å². The normalized spacial score (nSPS) is 18.7. The van der Waals surface area contributed by atoms with Crippen LogP contribution in [0.3, 0.4) is 0 Å². The van der Waals surface area contributed by atoms with Crippen LogP contribution < -0.4 is 5.43 Å². The largest absolute Gasteiger partial charge is 0.455 e. The third kappa shape index (κ3) is 1.47. The molecule has 0 saturated carbocycles. The molecule has 0 amide bonds. The van der Waals surface area contributed by atoms with Gasteiger partial charge in [0.1, 0.15) is 20.9 Å². The second-order valence-corrected chi connectivity index (χ2v) is 5.33. The molecule has 1 aromatic carbocycles. The van der Waals surface area contributed by atoms with E-state index in [2.05, 4.69) is 0 Å². The van der Waals surface area contributed by atoms with Crippen molar-refractivity contribution in [2.75, 3.05) is 0 Å². The molecule has 1 atom stereocenters. The first-order valence-electron chi connectivity index (χ1n) is 4.80. The van der Waals surface area contributed by atoms with Crippen molar-refractivity contribution in [3.05, 3.63) is 46.3 Å². The zero-order valence-corrected chi connectivity index (χ0v) is 9.72. The molecule has 1 aromatic heterocycles. The van der Waals surface area contributed by atoms with Crippen molar-refractivity contribution in [3.63, 3.8) is 0 Å². The van der Waals surface area contributed by atoms with E-state index in [0.29, 0.717) is 21.6 Å². The molecule has 0 N–H and O–H groups in total. The van der Waals surface area contributed by atoms with Crippen LogP contribution in [-0.2, 0) is 0 Å². The van der Waals surface area contributed by atoms with Crippen molar-refractivity contribution in [3.8, 4) is 0 Å². The van der Waals surface area contributed by atoms with Crippen molar-refractivity contribution in [1.29, 1.82) is 0 Å². The van der Waals surface area contributed by atoms with Crippen LogP contribution in [0.25, 0.3) is 17.0 Å². The number of alkyl halides is 1. The van der Waals surface area contributed by atoms with E-state index in [9.17, 15) is 4.79 Å². The summed E-state index contributed by atoms with van der Waals surface area (Å²) in [6.45, 7) is 0. The van der Waals surface area contributed by atoms with Crippen LogP contribution in [0.4, 0.5) is 0 Å². The Kier molecular flexibility index (Phi) is 2.30. The minimum Gasteiger partial charge on any atom is -0.455 e. The summed E-state index contributed by atoms with van der Waals surface area (Å²) in [6.07, 6.45) is 3.57. The molecule has 0 spiro atoms.